The van der Waals surface area contributed by atoms with Crippen LogP contribution in [0.3, 0.4) is 0 Å². The van der Waals surface area contributed by atoms with Gasteiger partial charge in [0.25, 0.3) is 0 Å². The molecule has 0 aromatic heterocycles. The number of nitrogens with two attached hydrogens (primary N) is 1. The van der Waals surface area contributed by atoms with Gasteiger partial charge in [-0.05, 0) is 5.22 Å². The Hall–Kier alpha value is -2.05. The number of hydrogen-bond donors (Lipinski definition) is 2. The molecule has 2 aliphatic rings. The van der Waals surface area contributed by atoms with Crippen molar-refractivity contribution in [2.24, 2.45) is 26.2 Å². The molecule has 0 atom stereocenters. The molecule has 2 rings (SSSR count). The molecule has 0 fully saturated rings. The van der Waals surface area contributed by atoms with Crippen LogP contribution in [0, 0.1) is 0 Å². The molecular formula is C5H3N5O2. The lowest BCUT2D eigenvalue weighted by molar-refractivity contribution is -0.129. The Bertz CT molecular complexity index is 389. The Morgan fingerprint density at radius 1 is 1.50 bits per heavy atom. The van der Waals surface area contributed by atoms with Crippen LogP contribution in [0.1, 0.15) is 0 Å². The minimum Gasteiger partial charge on any atom is -0.476 e. The van der Waals surface area contributed by atoms with Gasteiger partial charge in [0.2, 0.25) is 5.84 Å². The smallest absolute Gasteiger partial charge is 0.356 e. The summed E-state index contributed by atoms with van der Waals surface area (Å²) in [7, 11) is 0. The summed E-state index contributed by atoms with van der Waals surface area (Å²) in [4.78, 5) is 14.1. The number of fused-ring (bicyclic) bond motifs is 1. The van der Waals surface area contributed by atoms with Crippen molar-refractivity contribution in [3.63, 3.8) is 0 Å². The third-order valence-corrected chi connectivity index (χ3v) is 1.43. The zero-order chi connectivity index (χ0) is 8.72. The van der Waals surface area contributed by atoms with Crippen molar-refractivity contribution in [2.45, 2.75) is 0 Å². The van der Waals surface area contributed by atoms with Crippen molar-refractivity contribution < 1.29 is 9.90 Å². The van der Waals surface area contributed by atoms with Gasteiger partial charge in [0.05, 0.1) is 5.70 Å². The molecule has 2 heterocycles. The van der Waals surface area contributed by atoms with E-state index in [0.717, 1.165) is 0 Å². The average molecular weight is 165 g/mol. The Morgan fingerprint density at radius 3 is 2.83 bits per heavy atom. The van der Waals surface area contributed by atoms with E-state index < -0.39 is 5.97 Å². The Morgan fingerprint density at radius 2 is 2.25 bits per heavy atom. The molecule has 0 spiro atoms. The molecule has 0 radical (unpaired) electrons. The molecule has 0 saturated carbocycles. The van der Waals surface area contributed by atoms with Crippen LogP contribution in [0.15, 0.2) is 31.8 Å². The first-order chi connectivity index (χ1) is 5.70. The van der Waals surface area contributed by atoms with Crippen LogP contribution in [0.4, 0.5) is 0 Å². The van der Waals surface area contributed by atoms with Gasteiger partial charge in [-0.15, -0.1) is 10.2 Å². The summed E-state index contributed by atoms with van der Waals surface area (Å²) < 4.78 is 0. The predicted octanol–water partition coefficient (Wildman–Crippen LogP) is -0.525. The molecule has 7 heteroatoms. The van der Waals surface area contributed by atoms with Gasteiger partial charge in [0.15, 0.2) is 11.4 Å². The molecule has 3 N–H and O–H groups in total. The summed E-state index contributed by atoms with van der Waals surface area (Å²) in [6.45, 7) is 0. The molecule has 0 bridgehead atoms. The average Bonchev–Trinajstić information content (AvgIpc) is 2.53. The fourth-order valence-corrected chi connectivity index (χ4v) is 0.892. The highest BCUT2D eigenvalue weighted by Gasteiger charge is 2.30. The number of amidine groups is 1. The van der Waals surface area contributed by atoms with Gasteiger partial charge in [0.1, 0.15) is 0 Å². The summed E-state index contributed by atoms with van der Waals surface area (Å²) in [6.07, 6.45) is 0. The van der Waals surface area contributed by atoms with Gasteiger partial charge in [-0.25, -0.2) is 9.79 Å². The summed E-state index contributed by atoms with van der Waals surface area (Å²) in [6, 6.07) is 0. The molecule has 2 aliphatic heterocycles. The third-order valence-electron chi connectivity index (χ3n) is 1.43. The normalized spacial score (nSPS) is 19.3. The fraction of sp³-hybridized carbons (Fsp3) is 0. The fourth-order valence-electron chi connectivity index (χ4n) is 0.892. The third kappa shape index (κ3) is 0.669. The van der Waals surface area contributed by atoms with E-state index in [1.807, 2.05) is 0 Å². The molecule has 0 unspecified atom stereocenters. The molecule has 0 amide bonds. The molecule has 0 aromatic carbocycles. The highest BCUT2D eigenvalue weighted by atomic mass is 16.4. The van der Waals surface area contributed by atoms with E-state index in [9.17, 15) is 4.79 Å². The monoisotopic (exact) mass is 165 g/mol. The number of carbonyl (C=O) groups is 1. The van der Waals surface area contributed by atoms with Gasteiger partial charge in [-0.2, -0.15) is 0 Å². The van der Waals surface area contributed by atoms with E-state index in [2.05, 4.69) is 20.4 Å². The van der Waals surface area contributed by atoms with Crippen LogP contribution in [-0.4, -0.2) is 22.6 Å². The number of carboxylic acids is 1. The zero-order valence-electron chi connectivity index (χ0n) is 5.72. The maximum atomic E-state index is 10.5. The zero-order valence-corrected chi connectivity index (χ0v) is 5.72. The van der Waals surface area contributed by atoms with Crippen molar-refractivity contribution >= 4 is 17.5 Å². The highest BCUT2D eigenvalue weighted by Crippen LogP contribution is 2.20. The van der Waals surface area contributed by atoms with Crippen LogP contribution < -0.4 is 5.73 Å². The highest BCUT2D eigenvalue weighted by molar-refractivity contribution is 6.47. The lowest BCUT2D eigenvalue weighted by atomic mass is 10.3. The van der Waals surface area contributed by atoms with E-state index in [1.165, 1.54) is 0 Å². The molecule has 7 nitrogen and oxygen atoms in total. The van der Waals surface area contributed by atoms with E-state index >= 15 is 0 Å². The number of nitrogens with zero attached hydrogens (tertiary/aromatic N) is 4. The Kier molecular flexibility index (Phi) is 1.09. The van der Waals surface area contributed by atoms with E-state index in [0.29, 0.717) is 0 Å². The molecule has 0 aromatic rings. The largest absolute Gasteiger partial charge is 0.476 e. The topological polar surface area (TPSA) is 113 Å². The van der Waals surface area contributed by atoms with Gasteiger partial charge in [-0.3, -0.25) is 0 Å². The van der Waals surface area contributed by atoms with Crippen LogP contribution in [-0.2, 0) is 4.79 Å². The van der Waals surface area contributed by atoms with Crippen molar-refractivity contribution in [1.82, 2.24) is 0 Å². The van der Waals surface area contributed by atoms with Crippen LogP contribution in [0.2, 0.25) is 0 Å². The maximum absolute atomic E-state index is 10.5. The van der Waals surface area contributed by atoms with Crippen molar-refractivity contribution in [3.05, 3.63) is 11.4 Å². The first-order valence-corrected chi connectivity index (χ1v) is 3.01. The van der Waals surface area contributed by atoms with Gasteiger partial charge < -0.3 is 10.8 Å². The molecule has 0 aliphatic carbocycles. The van der Waals surface area contributed by atoms with Crippen LogP contribution in [0.5, 0.6) is 0 Å². The lowest BCUT2D eigenvalue weighted by Crippen LogP contribution is -2.19. The minimum atomic E-state index is -1.19. The van der Waals surface area contributed by atoms with E-state index in [4.69, 9.17) is 10.8 Å². The number of carboxylic acid groups (broad SMARTS) is 1. The van der Waals surface area contributed by atoms with Gasteiger partial charge in [0, 0.05) is 0 Å². The second-order valence-electron chi connectivity index (χ2n) is 2.14. The van der Waals surface area contributed by atoms with Crippen LogP contribution >= 0.6 is 0 Å². The Labute approximate surface area is 66.0 Å². The first kappa shape index (κ1) is 6.65. The molecular weight excluding hydrogens is 162 g/mol. The summed E-state index contributed by atoms with van der Waals surface area (Å²) in [5.41, 5.74) is 5.44. The van der Waals surface area contributed by atoms with Gasteiger partial charge >= 0.3 is 5.97 Å². The standard InChI is InChI=1S/C5H3N5O2/c6-1-2-4(9-10-8-2)7-3(1)5(11)12/h6H2,(H,11,12). The first-order valence-electron chi connectivity index (χ1n) is 3.01. The SMILES string of the molecule is NC1=C2N=NN=C2N=C1C(=O)O. The minimum absolute atomic E-state index is 0.0162. The van der Waals surface area contributed by atoms with Crippen molar-refractivity contribution in [3.8, 4) is 0 Å². The summed E-state index contributed by atoms with van der Waals surface area (Å²) in [5.74, 6) is -1.02. The summed E-state index contributed by atoms with van der Waals surface area (Å²) in [5, 5.41) is 18.8. The van der Waals surface area contributed by atoms with E-state index in [-0.39, 0.29) is 22.9 Å². The predicted molar refractivity (Wildman–Crippen MR) is 38.6 cm³/mol. The van der Waals surface area contributed by atoms with Gasteiger partial charge in [-0.1, -0.05) is 0 Å². The number of rotatable bonds is 1. The van der Waals surface area contributed by atoms with Crippen LogP contribution in [0.25, 0.3) is 0 Å². The maximum Gasteiger partial charge on any atom is 0.356 e. The van der Waals surface area contributed by atoms with Crippen molar-refractivity contribution in [2.75, 3.05) is 0 Å². The number of hydrogen-bond acceptors (Lipinski definition) is 6. The molecule has 60 valence electrons. The number of aliphatic carboxylic acids is 1. The lowest BCUT2D eigenvalue weighted by Gasteiger charge is -1.91. The molecule has 0 saturated heterocycles. The number of aliphatic imine (C=N–C) groups is 1. The Balaban J connectivity index is 2.53. The second-order valence-corrected chi connectivity index (χ2v) is 2.14. The van der Waals surface area contributed by atoms with Crippen molar-refractivity contribution in [1.29, 1.82) is 0 Å². The van der Waals surface area contributed by atoms with E-state index in [1.54, 1.807) is 0 Å². The quantitative estimate of drug-likeness (QED) is 0.544. The second kappa shape index (κ2) is 1.97. The summed E-state index contributed by atoms with van der Waals surface area (Å²) >= 11 is 0. The molecule has 12 heavy (non-hydrogen) atoms.